The number of hydrogen-bond donors (Lipinski definition) is 1. The van der Waals surface area contributed by atoms with Crippen molar-refractivity contribution in [3.05, 3.63) is 69.7 Å². The summed E-state index contributed by atoms with van der Waals surface area (Å²) in [5, 5.41) is 10.8. The predicted octanol–water partition coefficient (Wildman–Crippen LogP) is 6.15. The van der Waals surface area contributed by atoms with Gasteiger partial charge in [0, 0.05) is 16.0 Å². The van der Waals surface area contributed by atoms with E-state index in [0.29, 0.717) is 16.5 Å². The number of nitrogens with zero attached hydrogens (tertiary/aromatic N) is 1. The molecule has 1 saturated heterocycles. The molecule has 2 aromatic carbocycles. The zero-order valence-corrected chi connectivity index (χ0v) is 20.7. The standard InChI is InChI=1S/C26H29Cl2NO4/c1-15(2)23(16(3)30)29-24(17-8-10-19(27)11-9-17)21(18-6-5-7-20(28)12-18)13-26(4,25(29)33)14-22(31)32/h5-12,15,21,23-24H,13-14H2,1-4H3,(H,31,32)/t21-,23?,24-,26-/m1/s1. The van der Waals surface area contributed by atoms with Gasteiger partial charge in [0.1, 0.15) is 0 Å². The van der Waals surface area contributed by atoms with Crippen LogP contribution < -0.4 is 0 Å². The third-order valence-electron chi connectivity index (χ3n) is 6.48. The van der Waals surface area contributed by atoms with E-state index in [1.54, 1.807) is 30.0 Å². The summed E-state index contributed by atoms with van der Waals surface area (Å²) >= 11 is 12.5. The van der Waals surface area contributed by atoms with E-state index in [1.807, 2.05) is 44.2 Å². The highest BCUT2D eigenvalue weighted by Gasteiger charge is 2.53. The van der Waals surface area contributed by atoms with E-state index < -0.39 is 23.5 Å². The first-order chi connectivity index (χ1) is 15.4. The van der Waals surface area contributed by atoms with Crippen LogP contribution in [0.5, 0.6) is 0 Å². The summed E-state index contributed by atoms with van der Waals surface area (Å²) < 4.78 is 0. The fourth-order valence-electron chi connectivity index (χ4n) is 5.17. The molecule has 0 radical (unpaired) electrons. The molecule has 3 rings (SSSR count). The topological polar surface area (TPSA) is 74.7 Å². The van der Waals surface area contributed by atoms with Crippen LogP contribution in [0.1, 0.15) is 63.6 Å². The molecule has 4 atom stereocenters. The molecule has 7 heteroatoms. The minimum atomic E-state index is -1.18. The number of hydrogen-bond acceptors (Lipinski definition) is 3. The van der Waals surface area contributed by atoms with E-state index in [2.05, 4.69) is 0 Å². The van der Waals surface area contributed by atoms with Crippen molar-refractivity contribution in [2.75, 3.05) is 0 Å². The van der Waals surface area contributed by atoms with Gasteiger partial charge < -0.3 is 10.0 Å². The number of likely N-dealkylation sites (tertiary alicyclic amines) is 1. The second-order valence-corrected chi connectivity index (χ2v) is 10.4. The Morgan fingerprint density at radius 2 is 1.73 bits per heavy atom. The molecule has 1 heterocycles. The third kappa shape index (κ3) is 5.25. The van der Waals surface area contributed by atoms with E-state index in [4.69, 9.17) is 23.2 Å². The summed E-state index contributed by atoms with van der Waals surface area (Å²) in [6, 6.07) is 13.5. The molecule has 0 bridgehead atoms. The lowest BCUT2D eigenvalue weighted by Crippen LogP contribution is -2.59. The van der Waals surface area contributed by atoms with Gasteiger partial charge in [0.05, 0.1) is 23.9 Å². The number of ketones is 1. The van der Waals surface area contributed by atoms with Crippen LogP contribution in [0.3, 0.4) is 0 Å². The van der Waals surface area contributed by atoms with Crippen molar-refractivity contribution in [3.8, 4) is 0 Å². The lowest BCUT2D eigenvalue weighted by Gasteiger charge is -2.52. The van der Waals surface area contributed by atoms with Crippen molar-refractivity contribution in [3.63, 3.8) is 0 Å². The fourth-order valence-corrected chi connectivity index (χ4v) is 5.50. The van der Waals surface area contributed by atoms with Crippen LogP contribution in [0.25, 0.3) is 0 Å². The molecule has 0 spiro atoms. The van der Waals surface area contributed by atoms with Gasteiger partial charge in [-0.1, -0.05) is 68.2 Å². The summed E-state index contributed by atoms with van der Waals surface area (Å²) in [7, 11) is 0. The van der Waals surface area contributed by atoms with Gasteiger partial charge >= 0.3 is 5.97 Å². The maximum Gasteiger partial charge on any atom is 0.304 e. The zero-order valence-electron chi connectivity index (χ0n) is 19.2. The number of aliphatic carboxylic acids is 1. The molecule has 1 unspecified atom stereocenters. The molecule has 33 heavy (non-hydrogen) atoms. The van der Waals surface area contributed by atoms with Gasteiger partial charge in [0.2, 0.25) is 5.91 Å². The number of piperidine rings is 1. The molecule has 2 aromatic rings. The minimum Gasteiger partial charge on any atom is -0.481 e. The second kappa shape index (κ2) is 9.86. The third-order valence-corrected chi connectivity index (χ3v) is 6.97. The van der Waals surface area contributed by atoms with Crippen molar-refractivity contribution in [1.82, 2.24) is 4.90 Å². The number of carbonyl (C=O) groups excluding carboxylic acids is 2. The highest BCUT2D eigenvalue weighted by atomic mass is 35.5. The Kier molecular flexibility index (Phi) is 7.55. The summed E-state index contributed by atoms with van der Waals surface area (Å²) in [5.74, 6) is -1.94. The number of carboxylic acids is 1. The van der Waals surface area contributed by atoms with Crippen LogP contribution in [0.2, 0.25) is 10.0 Å². The van der Waals surface area contributed by atoms with Crippen LogP contribution in [-0.2, 0) is 14.4 Å². The first-order valence-corrected chi connectivity index (χ1v) is 11.8. The number of carbonyl (C=O) groups is 3. The van der Waals surface area contributed by atoms with E-state index >= 15 is 0 Å². The largest absolute Gasteiger partial charge is 0.481 e. The molecule has 176 valence electrons. The smallest absolute Gasteiger partial charge is 0.304 e. The van der Waals surface area contributed by atoms with Gasteiger partial charge in [-0.3, -0.25) is 14.4 Å². The maximum absolute atomic E-state index is 14.0. The van der Waals surface area contributed by atoms with Crippen molar-refractivity contribution < 1.29 is 19.5 Å². The van der Waals surface area contributed by atoms with Gasteiger partial charge in [-0.15, -0.1) is 0 Å². The van der Waals surface area contributed by atoms with E-state index in [9.17, 15) is 19.5 Å². The van der Waals surface area contributed by atoms with Crippen LogP contribution >= 0.6 is 23.2 Å². The molecule has 1 aliphatic heterocycles. The van der Waals surface area contributed by atoms with E-state index in [-0.39, 0.29) is 29.9 Å². The Hall–Kier alpha value is -2.37. The molecule has 0 aliphatic carbocycles. The summed E-state index contributed by atoms with van der Waals surface area (Å²) in [6.45, 7) is 6.96. The fraction of sp³-hybridized carbons (Fsp3) is 0.423. The maximum atomic E-state index is 14.0. The van der Waals surface area contributed by atoms with Gasteiger partial charge in [-0.2, -0.15) is 0 Å². The van der Waals surface area contributed by atoms with Crippen molar-refractivity contribution in [2.45, 2.75) is 58.5 Å². The zero-order chi connectivity index (χ0) is 24.5. The molecule has 5 nitrogen and oxygen atoms in total. The van der Waals surface area contributed by atoms with E-state index in [1.165, 1.54) is 6.92 Å². The molecule has 1 fully saturated rings. The van der Waals surface area contributed by atoms with Crippen LogP contribution in [0.4, 0.5) is 0 Å². The molecule has 1 aliphatic rings. The quantitative estimate of drug-likeness (QED) is 0.506. The van der Waals surface area contributed by atoms with Crippen molar-refractivity contribution in [1.29, 1.82) is 0 Å². The van der Waals surface area contributed by atoms with Gasteiger partial charge in [0.15, 0.2) is 5.78 Å². The lowest BCUT2D eigenvalue weighted by molar-refractivity contribution is -0.163. The van der Waals surface area contributed by atoms with Crippen molar-refractivity contribution >= 4 is 40.9 Å². The monoisotopic (exact) mass is 489 g/mol. The molecule has 0 aromatic heterocycles. The van der Waals surface area contributed by atoms with Crippen LogP contribution in [0, 0.1) is 11.3 Å². The normalized spacial score (nSPS) is 24.1. The molecule has 1 N–H and O–H groups in total. The predicted molar refractivity (Wildman–Crippen MR) is 130 cm³/mol. The second-order valence-electron chi connectivity index (χ2n) is 9.51. The van der Waals surface area contributed by atoms with Gasteiger partial charge in [0.25, 0.3) is 0 Å². The SMILES string of the molecule is CC(=O)C(C(C)C)N1C(=O)[C@@](C)(CC(=O)O)C[C@H](c2cccc(Cl)c2)[C@H]1c1ccc(Cl)cc1. The Balaban J connectivity index is 2.29. The Morgan fingerprint density at radius 1 is 1.09 bits per heavy atom. The van der Waals surface area contributed by atoms with Crippen LogP contribution in [0.15, 0.2) is 48.5 Å². The number of Topliss-reactive ketones (excluding diaryl/α,β-unsaturated/α-hetero) is 1. The summed E-state index contributed by atoms with van der Waals surface area (Å²) in [5.41, 5.74) is 0.550. The first kappa shape index (κ1) is 25.3. The number of rotatable bonds is 7. The number of benzene rings is 2. The highest BCUT2D eigenvalue weighted by Crippen LogP contribution is 2.52. The Bertz CT molecular complexity index is 1050. The Labute approximate surface area is 204 Å². The Morgan fingerprint density at radius 3 is 2.24 bits per heavy atom. The van der Waals surface area contributed by atoms with Crippen LogP contribution in [-0.4, -0.2) is 33.7 Å². The lowest BCUT2D eigenvalue weighted by atomic mass is 9.66. The van der Waals surface area contributed by atoms with E-state index in [0.717, 1.165) is 11.1 Å². The number of carboxylic acid groups (broad SMARTS) is 1. The molecular weight excluding hydrogens is 461 g/mol. The van der Waals surface area contributed by atoms with Crippen molar-refractivity contribution in [2.24, 2.45) is 11.3 Å². The van der Waals surface area contributed by atoms with Gasteiger partial charge in [-0.05, 0) is 54.7 Å². The van der Waals surface area contributed by atoms with Gasteiger partial charge in [-0.25, -0.2) is 0 Å². The summed E-state index contributed by atoms with van der Waals surface area (Å²) in [6.07, 6.45) is -0.0134. The first-order valence-electron chi connectivity index (χ1n) is 11.0. The molecule has 1 amide bonds. The average Bonchev–Trinajstić information content (AvgIpc) is 2.71. The molecule has 0 saturated carbocycles. The average molecular weight is 490 g/mol. The highest BCUT2D eigenvalue weighted by molar-refractivity contribution is 6.30. The summed E-state index contributed by atoms with van der Waals surface area (Å²) in [4.78, 5) is 40.2. The number of halogens is 2. The minimum absolute atomic E-state index is 0.137. The molecular formula is C26H29Cl2NO4. The number of amides is 1.